The lowest BCUT2D eigenvalue weighted by Gasteiger charge is -2.35. The lowest BCUT2D eigenvalue weighted by atomic mass is 9.97. The van der Waals surface area contributed by atoms with Crippen molar-refractivity contribution in [2.24, 2.45) is 0 Å². The zero-order chi connectivity index (χ0) is 17.2. The van der Waals surface area contributed by atoms with Crippen LogP contribution in [0.1, 0.15) is 43.0 Å². The average Bonchev–Trinajstić information content (AvgIpc) is 3.21. The predicted octanol–water partition coefficient (Wildman–Crippen LogP) is 5.37. The molecule has 1 fully saturated rings. The Morgan fingerprint density at radius 2 is 2.12 bits per heavy atom. The first-order chi connectivity index (χ1) is 12.3. The molecule has 0 bridgehead atoms. The molecule has 1 saturated heterocycles. The van der Waals surface area contributed by atoms with E-state index in [2.05, 4.69) is 17.9 Å². The highest BCUT2D eigenvalue weighted by molar-refractivity contribution is 7.13. The van der Waals surface area contributed by atoms with E-state index in [1.807, 2.05) is 41.8 Å². The topological polar surface area (TPSA) is 33.2 Å². The average molecular weight is 350 g/mol. The standard InChI is InChI=1S/C21H22N2OS/c1-2-15-8-5-6-12-23(15)21(24)17-14-19(20-11-7-13-25-20)22-18-10-4-3-9-16(17)18/h3-4,7,9-11,13-15H,2,5-6,8,12H2,1H3. The Kier molecular flexibility index (Phi) is 4.53. The van der Waals surface area contributed by atoms with Crippen molar-refractivity contribution in [2.45, 2.75) is 38.6 Å². The fourth-order valence-electron chi connectivity index (χ4n) is 3.75. The first-order valence-electron chi connectivity index (χ1n) is 9.02. The predicted molar refractivity (Wildman–Crippen MR) is 104 cm³/mol. The second-order valence-electron chi connectivity index (χ2n) is 6.61. The zero-order valence-electron chi connectivity index (χ0n) is 14.4. The summed E-state index contributed by atoms with van der Waals surface area (Å²) >= 11 is 1.66. The van der Waals surface area contributed by atoms with Gasteiger partial charge < -0.3 is 4.90 Å². The number of hydrogen-bond donors (Lipinski definition) is 0. The maximum atomic E-state index is 13.4. The SMILES string of the molecule is CCC1CCCCN1C(=O)c1cc(-c2cccs2)nc2ccccc12. The first-order valence-corrected chi connectivity index (χ1v) is 9.90. The summed E-state index contributed by atoms with van der Waals surface area (Å²) < 4.78 is 0. The summed E-state index contributed by atoms with van der Waals surface area (Å²) in [5.74, 6) is 0.156. The molecule has 0 N–H and O–H groups in total. The van der Waals surface area contributed by atoms with Gasteiger partial charge in [0.15, 0.2) is 0 Å². The molecule has 2 aromatic heterocycles. The smallest absolute Gasteiger partial charge is 0.254 e. The van der Waals surface area contributed by atoms with Crippen LogP contribution in [0.15, 0.2) is 47.8 Å². The second kappa shape index (κ2) is 6.96. The van der Waals surface area contributed by atoms with Crippen molar-refractivity contribution in [1.29, 1.82) is 0 Å². The van der Waals surface area contributed by atoms with Crippen molar-refractivity contribution in [3.63, 3.8) is 0 Å². The second-order valence-corrected chi connectivity index (χ2v) is 7.55. The lowest BCUT2D eigenvalue weighted by molar-refractivity contribution is 0.0610. The van der Waals surface area contributed by atoms with Gasteiger partial charge in [-0.2, -0.15) is 0 Å². The number of fused-ring (bicyclic) bond motifs is 1. The number of para-hydroxylation sites is 1. The molecule has 3 heterocycles. The van der Waals surface area contributed by atoms with Crippen LogP contribution in [0.5, 0.6) is 0 Å². The molecule has 1 aliphatic heterocycles. The van der Waals surface area contributed by atoms with Crippen LogP contribution in [0.4, 0.5) is 0 Å². The first kappa shape index (κ1) is 16.3. The Bertz CT molecular complexity index is 888. The van der Waals surface area contributed by atoms with Gasteiger partial charge in [0, 0.05) is 18.0 Å². The number of amides is 1. The van der Waals surface area contributed by atoms with E-state index in [1.54, 1.807) is 11.3 Å². The van der Waals surface area contributed by atoms with Gasteiger partial charge in [-0.05, 0) is 49.3 Å². The number of carbonyl (C=O) groups excluding carboxylic acids is 1. The Balaban J connectivity index is 1.83. The molecule has 1 atom stereocenters. The molecule has 1 amide bonds. The minimum absolute atomic E-state index is 0.156. The maximum absolute atomic E-state index is 13.4. The van der Waals surface area contributed by atoms with E-state index in [0.717, 1.165) is 52.8 Å². The van der Waals surface area contributed by atoms with Crippen molar-refractivity contribution in [3.05, 3.63) is 53.4 Å². The van der Waals surface area contributed by atoms with Crippen molar-refractivity contribution < 1.29 is 4.79 Å². The van der Waals surface area contributed by atoms with Crippen LogP contribution in [-0.4, -0.2) is 28.4 Å². The van der Waals surface area contributed by atoms with Crippen molar-refractivity contribution >= 4 is 28.1 Å². The van der Waals surface area contributed by atoms with Gasteiger partial charge in [-0.1, -0.05) is 31.2 Å². The van der Waals surface area contributed by atoms with Gasteiger partial charge >= 0.3 is 0 Å². The van der Waals surface area contributed by atoms with E-state index >= 15 is 0 Å². The normalized spacial score (nSPS) is 17.8. The molecular formula is C21H22N2OS. The highest BCUT2D eigenvalue weighted by Gasteiger charge is 2.27. The van der Waals surface area contributed by atoms with Crippen LogP contribution >= 0.6 is 11.3 Å². The molecule has 4 rings (SSSR count). The fourth-order valence-corrected chi connectivity index (χ4v) is 4.44. The molecule has 1 unspecified atom stereocenters. The van der Waals surface area contributed by atoms with Crippen molar-refractivity contribution in [2.75, 3.05) is 6.54 Å². The largest absolute Gasteiger partial charge is 0.336 e. The molecule has 3 aromatic rings. The third-order valence-electron chi connectivity index (χ3n) is 5.08. The van der Waals surface area contributed by atoms with Gasteiger partial charge in [-0.15, -0.1) is 11.3 Å². The minimum Gasteiger partial charge on any atom is -0.336 e. The summed E-state index contributed by atoms with van der Waals surface area (Å²) in [6.07, 6.45) is 4.46. The molecule has 1 aromatic carbocycles. The number of rotatable bonds is 3. The van der Waals surface area contributed by atoms with Crippen LogP contribution in [0.2, 0.25) is 0 Å². The molecule has 4 heteroatoms. The summed E-state index contributed by atoms with van der Waals surface area (Å²) in [6.45, 7) is 3.04. The summed E-state index contributed by atoms with van der Waals surface area (Å²) in [5, 5.41) is 3.00. The number of likely N-dealkylation sites (tertiary alicyclic amines) is 1. The Hall–Kier alpha value is -2.20. The van der Waals surface area contributed by atoms with E-state index in [9.17, 15) is 4.79 Å². The number of thiophene rings is 1. The molecule has 0 radical (unpaired) electrons. The van der Waals surface area contributed by atoms with Crippen LogP contribution in [-0.2, 0) is 0 Å². The molecule has 1 aliphatic rings. The number of pyridine rings is 1. The van der Waals surface area contributed by atoms with Crippen molar-refractivity contribution in [1.82, 2.24) is 9.88 Å². The zero-order valence-corrected chi connectivity index (χ0v) is 15.3. The highest BCUT2D eigenvalue weighted by atomic mass is 32.1. The third-order valence-corrected chi connectivity index (χ3v) is 5.97. The van der Waals surface area contributed by atoms with Crippen molar-refractivity contribution in [3.8, 4) is 10.6 Å². The number of carbonyl (C=O) groups is 1. The Labute approximate surface area is 152 Å². The summed E-state index contributed by atoms with van der Waals surface area (Å²) in [6, 6.07) is 14.4. The molecule has 0 spiro atoms. The fraction of sp³-hybridized carbons (Fsp3) is 0.333. The van der Waals surface area contributed by atoms with Gasteiger partial charge in [-0.25, -0.2) is 4.98 Å². The van der Waals surface area contributed by atoms with Gasteiger partial charge in [0.1, 0.15) is 0 Å². The Morgan fingerprint density at radius 3 is 2.92 bits per heavy atom. The summed E-state index contributed by atoms with van der Waals surface area (Å²) in [4.78, 5) is 21.4. The van der Waals surface area contributed by atoms with E-state index < -0.39 is 0 Å². The summed E-state index contributed by atoms with van der Waals surface area (Å²) in [7, 11) is 0. The Morgan fingerprint density at radius 1 is 1.24 bits per heavy atom. The maximum Gasteiger partial charge on any atom is 0.254 e. The van der Waals surface area contributed by atoms with Gasteiger partial charge in [-0.3, -0.25) is 4.79 Å². The van der Waals surface area contributed by atoms with E-state index in [0.29, 0.717) is 6.04 Å². The van der Waals surface area contributed by atoms with Gasteiger partial charge in [0.25, 0.3) is 5.91 Å². The number of piperidine rings is 1. The quantitative estimate of drug-likeness (QED) is 0.636. The number of nitrogens with zero attached hydrogens (tertiary/aromatic N) is 2. The number of benzene rings is 1. The highest BCUT2D eigenvalue weighted by Crippen LogP contribution is 2.30. The van der Waals surface area contributed by atoms with Crippen LogP contribution in [0, 0.1) is 0 Å². The number of hydrogen-bond acceptors (Lipinski definition) is 3. The van der Waals surface area contributed by atoms with Gasteiger partial charge in [0.05, 0.1) is 21.7 Å². The van der Waals surface area contributed by atoms with E-state index in [4.69, 9.17) is 4.98 Å². The van der Waals surface area contributed by atoms with Crippen LogP contribution in [0.3, 0.4) is 0 Å². The van der Waals surface area contributed by atoms with Gasteiger partial charge in [0.2, 0.25) is 0 Å². The molecular weight excluding hydrogens is 328 g/mol. The minimum atomic E-state index is 0.156. The van der Waals surface area contributed by atoms with E-state index in [-0.39, 0.29) is 5.91 Å². The third kappa shape index (κ3) is 3.07. The molecule has 0 saturated carbocycles. The summed E-state index contributed by atoms with van der Waals surface area (Å²) in [5.41, 5.74) is 2.57. The van der Waals surface area contributed by atoms with E-state index in [1.165, 1.54) is 6.42 Å². The molecule has 25 heavy (non-hydrogen) atoms. The molecule has 0 aliphatic carbocycles. The molecule has 3 nitrogen and oxygen atoms in total. The van der Waals surface area contributed by atoms with Crippen LogP contribution < -0.4 is 0 Å². The monoisotopic (exact) mass is 350 g/mol. The number of aromatic nitrogens is 1. The lowest BCUT2D eigenvalue weighted by Crippen LogP contribution is -2.43. The molecule has 128 valence electrons. The van der Waals surface area contributed by atoms with Crippen LogP contribution in [0.25, 0.3) is 21.5 Å².